The van der Waals surface area contributed by atoms with E-state index in [4.69, 9.17) is 11.5 Å². The number of hydrogen-bond acceptors (Lipinski definition) is 5. The standard InChI is InChI=1S/C8H10F3N5O2/c1-7(5(12)18,8(9,10)11)2-3-4(17)14-6(13)16-15-3/h2H2,1H3,(H2,12,18)(H3,13,14,16,17). The number of aromatic nitrogens is 3. The fraction of sp³-hybridized carbons (Fsp3) is 0.500. The van der Waals surface area contributed by atoms with Crippen LogP contribution >= 0.6 is 0 Å². The second kappa shape index (κ2) is 4.27. The molecule has 18 heavy (non-hydrogen) atoms. The summed E-state index contributed by atoms with van der Waals surface area (Å²) in [6.07, 6.45) is -5.91. The highest BCUT2D eigenvalue weighted by atomic mass is 19.4. The number of carbonyl (C=O) groups excluding carboxylic acids is 1. The van der Waals surface area contributed by atoms with Gasteiger partial charge >= 0.3 is 6.18 Å². The van der Waals surface area contributed by atoms with Gasteiger partial charge < -0.3 is 11.5 Å². The largest absolute Gasteiger partial charge is 0.403 e. The molecule has 0 aromatic carbocycles. The number of nitrogens with zero attached hydrogens (tertiary/aromatic N) is 2. The maximum Gasteiger partial charge on any atom is 0.403 e. The molecule has 0 spiro atoms. The lowest BCUT2D eigenvalue weighted by Gasteiger charge is -2.27. The number of anilines is 1. The van der Waals surface area contributed by atoms with Gasteiger partial charge in [0, 0.05) is 6.42 Å². The van der Waals surface area contributed by atoms with E-state index in [-0.39, 0.29) is 5.95 Å². The van der Waals surface area contributed by atoms with Crippen LogP contribution in [0.1, 0.15) is 12.6 Å². The molecule has 0 saturated carbocycles. The van der Waals surface area contributed by atoms with Gasteiger partial charge in [-0.1, -0.05) is 0 Å². The summed E-state index contributed by atoms with van der Waals surface area (Å²) in [6.45, 7) is 0.590. The molecule has 0 aliphatic rings. The van der Waals surface area contributed by atoms with Crippen LogP contribution in [0.5, 0.6) is 0 Å². The minimum Gasteiger partial charge on any atom is -0.369 e. The molecule has 5 N–H and O–H groups in total. The molecule has 0 aliphatic heterocycles. The summed E-state index contributed by atoms with van der Waals surface area (Å²) >= 11 is 0. The Labute approximate surface area is 98.4 Å². The predicted molar refractivity (Wildman–Crippen MR) is 54.1 cm³/mol. The van der Waals surface area contributed by atoms with E-state index in [9.17, 15) is 22.8 Å². The normalized spacial score (nSPS) is 15.1. The summed E-state index contributed by atoms with van der Waals surface area (Å²) in [5.74, 6) is -1.94. The number of H-pyrrole nitrogens is 1. The molecule has 1 unspecified atom stereocenters. The first-order valence-corrected chi connectivity index (χ1v) is 4.66. The molecule has 0 radical (unpaired) electrons. The minimum atomic E-state index is -4.91. The van der Waals surface area contributed by atoms with Crippen molar-refractivity contribution in [2.75, 3.05) is 5.73 Å². The monoisotopic (exact) mass is 265 g/mol. The lowest BCUT2D eigenvalue weighted by molar-refractivity contribution is -0.215. The number of nitrogens with one attached hydrogen (secondary N) is 1. The van der Waals surface area contributed by atoms with E-state index in [0.29, 0.717) is 6.92 Å². The summed E-state index contributed by atoms with van der Waals surface area (Å²) in [6, 6.07) is 0. The second-order valence-corrected chi connectivity index (χ2v) is 3.86. The van der Waals surface area contributed by atoms with Gasteiger partial charge in [-0.3, -0.25) is 14.6 Å². The summed E-state index contributed by atoms with van der Waals surface area (Å²) in [5.41, 5.74) is 5.42. The zero-order valence-corrected chi connectivity index (χ0v) is 9.21. The number of primary amides is 1. The van der Waals surface area contributed by atoms with Gasteiger partial charge in [0.2, 0.25) is 11.9 Å². The van der Waals surface area contributed by atoms with Gasteiger partial charge in [-0.25, -0.2) is 0 Å². The van der Waals surface area contributed by atoms with E-state index in [1.165, 1.54) is 0 Å². The molecule has 1 amide bonds. The topological polar surface area (TPSA) is 128 Å². The predicted octanol–water partition coefficient (Wildman–Crippen LogP) is -0.657. The highest BCUT2D eigenvalue weighted by Gasteiger charge is 2.56. The summed E-state index contributed by atoms with van der Waals surface area (Å²) in [5, 5.41) is 6.45. The number of hydrogen-bond donors (Lipinski definition) is 3. The van der Waals surface area contributed by atoms with Crippen molar-refractivity contribution in [3.05, 3.63) is 16.0 Å². The van der Waals surface area contributed by atoms with Crippen LogP contribution in [-0.4, -0.2) is 27.3 Å². The van der Waals surface area contributed by atoms with Crippen LogP contribution in [0, 0.1) is 5.41 Å². The lowest BCUT2D eigenvalue weighted by atomic mass is 9.84. The van der Waals surface area contributed by atoms with Gasteiger partial charge in [-0.2, -0.15) is 13.2 Å². The Bertz CT molecular complexity index is 526. The Kier molecular flexibility index (Phi) is 3.31. The van der Waals surface area contributed by atoms with Crippen LogP contribution in [0.3, 0.4) is 0 Å². The van der Waals surface area contributed by atoms with Crippen LogP contribution in [0.2, 0.25) is 0 Å². The van der Waals surface area contributed by atoms with Crippen molar-refractivity contribution in [2.45, 2.75) is 19.5 Å². The number of rotatable bonds is 3. The van der Waals surface area contributed by atoms with Gasteiger partial charge in [0.15, 0.2) is 0 Å². The molecule has 1 atom stereocenters. The number of aromatic amines is 1. The molecule has 0 saturated heterocycles. The number of amides is 1. The third-order valence-corrected chi connectivity index (χ3v) is 2.47. The second-order valence-electron chi connectivity index (χ2n) is 3.86. The summed E-state index contributed by atoms with van der Waals surface area (Å²) in [4.78, 5) is 24.3. The van der Waals surface area contributed by atoms with Crippen molar-refractivity contribution in [1.82, 2.24) is 15.2 Å². The number of nitrogen functional groups attached to an aromatic ring is 1. The molecule has 0 aliphatic carbocycles. The Balaban J connectivity index is 3.21. The van der Waals surface area contributed by atoms with Crippen molar-refractivity contribution in [1.29, 1.82) is 0 Å². The smallest absolute Gasteiger partial charge is 0.369 e. The third-order valence-electron chi connectivity index (χ3n) is 2.47. The fourth-order valence-corrected chi connectivity index (χ4v) is 1.15. The Morgan fingerprint density at radius 2 is 1.94 bits per heavy atom. The number of alkyl halides is 3. The molecule has 0 fully saturated rings. The van der Waals surface area contributed by atoms with Gasteiger partial charge in [-0.15, -0.1) is 10.2 Å². The average Bonchev–Trinajstić information content (AvgIpc) is 2.20. The first-order chi connectivity index (χ1) is 8.08. The van der Waals surface area contributed by atoms with Crippen molar-refractivity contribution in [3.8, 4) is 0 Å². The van der Waals surface area contributed by atoms with Crippen molar-refractivity contribution in [3.63, 3.8) is 0 Å². The lowest BCUT2D eigenvalue weighted by Crippen LogP contribution is -2.49. The molecule has 0 bridgehead atoms. The van der Waals surface area contributed by atoms with Crippen LogP contribution < -0.4 is 17.0 Å². The molecule has 100 valence electrons. The van der Waals surface area contributed by atoms with Crippen molar-refractivity contribution >= 4 is 11.9 Å². The van der Waals surface area contributed by atoms with Gasteiger partial charge in [0.05, 0.1) is 0 Å². The first kappa shape index (κ1) is 13.9. The van der Waals surface area contributed by atoms with E-state index in [1.54, 1.807) is 0 Å². The highest BCUT2D eigenvalue weighted by molar-refractivity contribution is 5.81. The SMILES string of the molecule is CC(Cc1nnc(N)[nH]c1=O)(C(N)=O)C(F)(F)F. The first-order valence-electron chi connectivity index (χ1n) is 4.66. The molecule has 1 heterocycles. The number of nitrogens with two attached hydrogens (primary N) is 2. The third kappa shape index (κ3) is 2.41. The Morgan fingerprint density at radius 1 is 1.39 bits per heavy atom. The van der Waals surface area contributed by atoms with E-state index in [1.807, 2.05) is 4.98 Å². The number of carbonyl (C=O) groups is 1. The Hall–Kier alpha value is -2.13. The van der Waals surface area contributed by atoms with E-state index in [0.717, 1.165) is 0 Å². The summed E-state index contributed by atoms with van der Waals surface area (Å²) in [7, 11) is 0. The molecule has 10 heteroatoms. The molecule has 1 aromatic heterocycles. The van der Waals surface area contributed by atoms with Crippen molar-refractivity contribution < 1.29 is 18.0 Å². The van der Waals surface area contributed by atoms with Crippen molar-refractivity contribution in [2.24, 2.45) is 11.1 Å². The van der Waals surface area contributed by atoms with Crippen LogP contribution in [0.15, 0.2) is 4.79 Å². The van der Waals surface area contributed by atoms with Gasteiger partial charge in [0.25, 0.3) is 5.56 Å². The van der Waals surface area contributed by atoms with Crippen LogP contribution in [-0.2, 0) is 11.2 Å². The molecule has 1 rings (SSSR count). The molecule has 7 nitrogen and oxygen atoms in total. The van der Waals surface area contributed by atoms with Gasteiger partial charge in [0.1, 0.15) is 11.1 Å². The highest BCUT2D eigenvalue weighted by Crippen LogP contribution is 2.39. The summed E-state index contributed by atoms with van der Waals surface area (Å²) < 4.78 is 38.3. The Morgan fingerprint density at radius 3 is 2.33 bits per heavy atom. The molecular formula is C8H10F3N5O2. The zero-order chi connectivity index (χ0) is 14.1. The van der Waals surface area contributed by atoms with E-state index < -0.39 is 35.2 Å². The number of halogens is 3. The average molecular weight is 265 g/mol. The van der Waals surface area contributed by atoms with Gasteiger partial charge in [-0.05, 0) is 6.92 Å². The fourth-order valence-electron chi connectivity index (χ4n) is 1.15. The zero-order valence-electron chi connectivity index (χ0n) is 9.21. The maximum atomic E-state index is 12.8. The molecule has 1 aromatic rings. The van der Waals surface area contributed by atoms with Crippen LogP contribution in [0.4, 0.5) is 19.1 Å². The quantitative estimate of drug-likeness (QED) is 0.668. The van der Waals surface area contributed by atoms with E-state index in [2.05, 4.69) is 10.2 Å². The minimum absolute atomic E-state index is 0.337. The maximum absolute atomic E-state index is 12.8. The molecular weight excluding hydrogens is 255 g/mol. The van der Waals surface area contributed by atoms with Crippen LogP contribution in [0.25, 0.3) is 0 Å². The van der Waals surface area contributed by atoms with E-state index >= 15 is 0 Å².